The maximum absolute atomic E-state index is 5.81. The molecule has 0 amide bonds. The lowest BCUT2D eigenvalue weighted by atomic mass is 9.98. The Hall–Kier alpha value is -1.00. The third-order valence-corrected chi connectivity index (χ3v) is 4.59. The van der Waals surface area contributed by atoms with Crippen LogP contribution < -0.4 is 11.5 Å². The number of rotatable bonds is 0. The molecule has 0 atom stereocenters. The van der Waals surface area contributed by atoms with Gasteiger partial charge in [0.15, 0.2) is 0 Å². The molecular weight excluding hydrogens is 212 g/mol. The zero-order valence-electron chi connectivity index (χ0n) is 7.54. The van der Waals surface area contributed by atoms with Gasteiger partial charge in [-0.25, -0.2) is 0 Å². The molecule has 4 heteroatoms. The Morgan fingerprint density at radius 2 is 1.79 bits per heavy atom. The highest BCUT2D eigenvalue weighted by atomic mass is 32.1. The van der Waals surface area contributed by atoms with Crippen LogP contribution in [0.5, 0.6) is 0 Å². The average molecular weight is 222 g/mol. The van der Waals surface area contributed by atoms with Gasteiger partial charge in [0.25, 0.3) is 0 Å². The van der Waals surface area contributed by atoms with Crippen molar-refractivity contribution in [3.8, 4) is 10.4 Å². The van der Waals surface area contributed by atoms with Crippen LogP contribution in [0.2, 0.25) is 0 Å². The number of nitrogen functional groups attached to an aromatic ring is 2. The predicted molar refractivity (Wildman–Crippen MR) is 63.9 cm³/mol. The fraction of sp³-hybridized carbons (Fsp3) is 0.200. The van der Waals surface area contributed by atoms with Gasteiger partial charge >= 0.3 is 0 Å². The SMILES string of the molecule is Nc1cc2c(s1)CCc1cc(N)sc1-2. The van der Waals surface area contributed by atoms with Crippen molar-refractivity contribution in [2.75, 3.05) is 11.5 Å². The van der Waals surface area contributed by atoms with Crippen LogP contribution in [0.4, 0.5) is 10.0 Å². The molecule has 2 heterocycles. The van der Waals surface area contributed by atoms with E-state index >= 15 is 0 Å². The van der Waals surface area contributed by atoms with Crippen LogP contribution in [0.3, 0.4) is 0 Å². The van der Waals surface area contributed by atoms with E-state index in [0.717, 1.165) is 22.8 Å². The number of anilines is 2. The van der Waals surface area contributed by atoms with E-state index in [1.54, 1.807) is 22.7 Å². The Bertz CT molecular complexity index is 450. The average Bonchev–Trinajstić information content (AvgIpc) is 2.65. The first-order valence-corrected chi connectivity index (χ1v) is 6.14. The molecule has 0 aromatic carbocycles. The van der Waals surface area contributed by atoms with Crippen LogP contribution in [-0.2, 0) is 12.8 Å². The van der Waals surface area contributed by atoms with Crippen molar-refractivity contribution in [2.45, 2.75) is 12.8 Å². The van der Waals surface area contributed by atoms with Gasteiger partial charge in [0, 0.05) is 15.3 Å². The molecule has 0 unspecified atom stereocenters. The van der Waals surface area contributed by atoms with E-state index in [2.05, 4.69) is 12.1 Å². The molecule has 0 radical (unpaired) electrons. The molecule has 0 spiro atoms. The van der Waals surface area contributed by atoms with Gasteiger partial charge in [0.1, 0.15) is 0 Å². The summed E-state index contributed by atoms with van der Waals surface area (Å²) in [5.41, 5.74) is 14.3. The van der Waals surface area contributed by atoms with Crippen molar-refractivity contribution < 1.29 is 0 Å². The Balaban J connectivity index is 2.27. The van der Waals surface area contributed by atoms with Gasteiger partial charge in [0.2, 0.25) is 0 Å². The second-order valence-electron chi connectivity index (χ2n) is 3.49. The van der Waals surface area contributed by atoms with E-state index < -0.39 is 0 Å². The van der Waals surface area contributed by atoms with Crippen LogP contribution in [-0.4, -0.2) is 0 Å². The summed E-state index contributed by atoms with van der Waals surface area (Å²) in [4.78, 5) is 2.74. The highest BCUT2D eigenvalue weighted by Crippen LogP contribution is 2.44. The van der Waals surface area contributed by atoms with Crippen LogP contribution in [0.1, 0.15) is 10.4 Å². The van der Waals surface area contributed by atoms with E-state index in [4.69, 9.17) is 11.5 Å². The monoisotopic (exact) mass is 222 g/mol. The van der Waals surface area contributed by atoms with E-state index in [0.29, 0.717) is 0 Å². The van der Waals surface area contributed by atoms with Crippen molar-refractivity contribution in [2.24, 2.45) is 0 Å². The Morgan fingerprint density at radius 3 is 2.64 bits per heavy atom. The number of hydrogen-bond donors (Lipinski definition) is 2. The number of thiophene rings is 2. The summed E-state index contributed by atoms with van der Waals surface area (Å²) in [6.07, 6.45) is 2.22. The molecule has 3 rings (SSSR count). The number of hydrogen-bond acceptors (Lipinski definition) is 4. The minimum Gasteiger partial charge on any atom is -0.391 e. The summed E-state index contributed by atoms with van der Waals surface area (Å²) in [6, 6.07) is 4.17. The zero-order chi connectivity index (χ0) is 9.71. The first kappa shape index (κ1) is 8.32. The van der Waals surface area contributed by atoms with Gasteiger partial charge in [0.05, 0.1) is 10.0 Å². The smallest absolute Gasteiger partial charge is 0.0865 e. The van der Waals surface area contributed by atoms with E-state index in [9.17, 15) is 0 Å². The number of fused-ring (bicyclic) bond motifs is 3. The summed E-state index contributed by atoms with van der Waals surface area (Å²) in [7, 11) is 0. The Kier molecular flexibility index (Phi) is 1.63. The minimum absolute atomic E-state index is 0.910. The zero-order valence-corrected chi connectivity index (χ0v) is 9.17. The third-order valence-electron chi connectivity index (χ3n) is 2.52. The molecule has 2 aromatic rings. The fourth-order valence-corrected chi connectivity index (χ4v) is 3.96. The van der Waals surface area contributed by atoms with Crippen LogP contribution in [0.15, 0.2) is 12.1 Å². The summed E-state index contributed by atoms with van der Waals surface area (Å²) in [5.74, 6) is 0. The highest BCUT2D eigenvalue weighted by molar-refractivity contribution is 7.20. The number of aryl methyl sites for hydroxylation is 2. The highest BCUT2D eigenvalue weighted by Gasteiger charge is 2.20. The molecular formula is C10H10N2S2. The normalized spacial score (nSPS) is 13.7. The van der Waals surface area contributed by atoms with Crippen molar-refractivity contribution in [3.05, 3.63) is 22.6 Å². The molecule has 2 aromatic heterocycles. The molecule has 0 bridgehead atoms. The Labute approximate surface area is 90.2 Å². The van der Waals surface area contributed by atoms with E-state index in [1.165, 1.54) is 20.9 Å². The molecule has 1 aliphatic carbocycles. The second kappa shape index (κ2) is 2.74. The van der Waals surface area contributed by atoms with Crippen LogP contribution in [0, 0.1) is 0 Å². The van der Waals surface area contributed by atoms with Crippen molar-refractivity contribution >= 4 is 32.7 Å². The maximum atomic E-state index is 5.81. The molecule has 0 fully saturated rings. The minimum atomic E-state index is 0.910. The second-order valence-corrected chi connectivity index (χ2v) is 5.74. The Morgan fingerprint density at radius 1 is 1.00 bits per heavy atom. The topological polar surface area (TPSA) is 52.0 Å². The predicted octanol–water partition coefficient (Wildman–Crippen LogP) is 2.74. The molecule has 1 aliphatic rings. The first-order chi connectivity index (χ1) is 6.74. The standard InChI is InChI=1S/C10H10N2S2/c11-8-3-5-1-2-7-6(10(5)14-8)4-9(12)13-7/h3-4H,1-2,11-12H2. The molecule has 14 heavy (non-hydrogen) atoms. The molecule has 72 valence electrons. The van der Waals surface area contributed by atoms with Crippen molar-refractivity contribution in [1.29, 1.82) is 0 Å². The quantitative estimate of drug-likeness (QED) is 0.720. The summed E-state index contributed by atoms with van der Waals surface area (Å²) >= 11 is 3.38. The maximum Gasteiger partial charge on any atom is 0.0865 e. The molecule has 0 saturated heterocycles. The lowest BCUT2D eigenvalue weighted by molar-refractivity contribution is 0.973. The molecule has 4 N–H and O–H groups in total. The van der Waals surface area contributed by atoms with E-state index in [-0.39, 0.29) is 0 Å². The van der Waals surface area contributed by atoms with Gasteiger partial charge in [-0.05, 0) is 30.5 Å². The largest absolute Gasteiger partial charge is 0.391 e. The fourth-order valence-electron chi connectivity index (χ4n) is 1.94. The van der Waals surface area contributed by atoms with Gasteiger partial charge < -0.3 is 11.5 Å². The van der Waals surface area contributed by atoms with Gasteiger partial charge in [-0.15, -0.1) is 22.7 Å². The summed E-state index contributed by atoms with van der Waals surface area (Å²) < 4.78 is 0. The molecule has 0 saturated carbocycles. The lowest BCUT2D eigenvalue weighted by Crippen LogP contribution is -1.96. The number of nitrogens with two attached hydrogens (primary N) is 2. The van der Waals surface area contributed by atoms with Gasteiger partial charge in [-0.3, -0.25) is 0 Å². The summed E-state index contributed by atoms with van der Waals surface area (Å²) in [5, 5.41) is 1.82. The molecule has 0 aliphatic heterocycles. The van der Waals surface area contributed by atoms with Crippen molar-refractivity contribution in [1.82, 2.24) is 0 Å². The van der Waals surface area contributed by atoms with Crippen molar-refractivity contribution in [3.63, 3.8) is 0 Å². The van der Waals surface area contributed by atoms with Gasteiger partial charge in [-0.1, -0.05) is 0 Å². The lowest BCUT2D eigenvalue weighted by Gasteiger charge is -2.10. The molecule has 2 nitrogen and oxygen atoms in total. The van der Waals surface area contributed by atoms with Crippen LogP contribution in [0.25, 0.3) is 10.4 Å². The van der Waals surface area contributed by atoms with E-state index in [1.807, 2.05) is 0 Å². The third kappa shape index (κ3) is 1.07. The van der Waals surface area contributed by atoms with Gasteiger partial charge in [-0.2, -0.15) is 0 Å². The first-order valence-electron chi connectivity index (χ1n) is 4.51. The summed E-state index contributed by atoms with van der Waals surface area (Å²) in [6.45, 7) is 0. The van der Waals surface area contributed by atoms with Crippen LogP contribution >= 0.6 is 22.7 Å².